The van der Waals surface area contributed by atoms with Crippen molar-refractivity contribution in [2.75, 3.05) is 6.54 Å². The lowest BCUT2D eigenvalue weighted by Crippen LogP contribution is -2.24. The van der Waals surface area contributed by atoms with E-state index < -0.39 is 0 Å². The van der Waals surface area contributed by atoms with Gasteiger partial charge in [0.25, 0.3) is 0 Å². The van der Waals surface area contributed by atoms with E-state index in [-0.39, 0.29) is 11.7 Å². The zero-order valence-electron chi connectivity index (χ0n) is 15.5. The van der Waals surface area contributed by atoms with Gasteiger partial charge >= 0.3 is 0 Å². The fourth-order valence-electron chi connectivity index (χ4n) is 2.95. The molecule has 0 bridgehead atoms. The third-order valence-electron chi connectivity index (χ3n) is 4.36. The number of carbonyl (C=O) groups excluding carboxylic acids is 2. The number of aryl methyl sites for hydroxylation is 2. The SMILES string of the molecule is Cc1cc2ncc(CCCNC(=O)CCCC(=O)c3ccccc3)cn2n1. The molecule has 0 unspecified atom stereocenters. The average Bonchev–Trinajstić information content (AvgIpc) is 3.05. The molecule has 0 atom stereocenters. The predicted octanol–water partition coefficient (Wildman–Crippen LogP) is 3.14. The molecule has 0 fully saturated rings. The molecule has 0 spiro atoms. The first-order chi connectivity index (χ1) is 13.1. The van der Waals surface area contributed by atoms with Gasteiger partial charge in [-0.3, -0.25) is 9.59 Å². The van der Waals surface area contributed by atoms with Crippen LogP contribution in [0.2, 0.25) is 0 Å². The van der Waals surface area contributed by atoms with E-state index in [0.29, 0.717) is 31.4 Å². The zero-order valence-corrected chi connectivity index (χ0v) is 15.5. The first-order valence-electron chi connectivity index (χ1n) is 9.28. The van der Waals surface area contributed by atoms with Crippen molar-refractivity contribution in [2.24, 2.45) is 0 Å². The molecular weight excluding hydrogens is 340 g/mol. The van der Waals surface area contributed by atoms with Gasteiger partial charge < -0.3 is 5.32 Å². The molecule has 0 saturated heterocycles. The maximum Gasteiger partial charge on any atom is 0.220 e. The summed E-state index contributed by atoms with van der Waals surface area (Å²) in [6, 6.07) is 11.1. The molecule has 2 aromatic heterocycles. The lowest BCUT2D eigenvalue weighted by atomic mass is 10.1. The second-order valence-electron chi connectivity index (χ2n) is 6.65. The Hall–Kier alpha value is -3.02. The van der Waals surface area contributed by atoms with Crippen molar-refractivity contribution in [1.82, 2.24) is 19.9 Å². The monoisotopic (exact) mass is 364 g/mol. The molecular formula is C21H24N4O2. The third kappa shape index (κ3) is 5.48. The fraction of sp³-hybridized carbons (Fsp3) is 0.333. The van der Waals surface area contributed by atoms with Crippen molar-refractivity contribution in [3.8, 4) is 0 Å². The van der Waals surface area contributed by atoms with Crippen molar-refractivity contribution in [3.63, 3.8) is 0 Å². The lowest BCUT2D eigenvalue weighted by Gasteiger charge is -2.06. The molecule has 1 N–H and O–H groups in total. The summed E-state index contributed by atoms with van der Waals surface area (Å²) in [6.07, 6.45) is 6.83. The summed E-state index contributed by atoms with van der Waals surface area (Å²) in [7, 11) is 0. The zero-order chi connectivity index (χ0) is 19.1. The summed E-state index contributed by atoms with van der Waals surface area (Å²) in [4.78, 5) is 28.3. The number of ketones is 1. The first kappa shape index (κ1) is 18.8. The third-order valence-corrected chi connectivity index (χ3v) is 4.36. The maximum atomic E-state index is 12.0. The number of nitrogens with zero attached hydrogens (tertiary/aromatic N) is 3. The van der Waals surface area contributed by atoms with Gasteiger partial charge in [-0.1, -0.05) is 30.3 Å². The van der Waals surface area contributed by atoms with Crippen LogP contribution in [0.5, 0.6) is 0 Å². The minimum absolute atomic E-state index is 0.00728. The van der Waals surface area contributed by atoms with Gasteiger partial charge in [0.05, 0.1) is 5.69 Å². The maximum absolute atomic E-state index is 12.0. The van der Waals surface area contributed by atoms with E-state index in [1.807, 2.05) is 43.6 Å². The molecule has 0 saturated carbocycles. The van der Waals surface area contributed by atoms with E-state index in [1.54, 1.807) is 16.6 Å². The van der Waals surface area contributed by atoms with E-state index in [0.717, 1.165) is 29.7 Å². The van der Waals surface area contributed by atoms with Gasteiger partial charge in [0.15, 0.2) is 11.4 Å². The Bertz CT molecular complexity index is 918. The second-order valence-corrected chi connectivity index (χ2v) is 6.65. The van der Waals surface area contributed by atoms with Crippen LogP contribution in [0.4, 0.5) is 0 Å². The normalized spacial score (nSPS) is 10.9. The number of hydrogen-bond acceptors (Lipinski definition) is 4. The van der Waals surface area contributed by atoms with Crippen LogP contribution >= 0.6 is 0 Å². The van der Waals surface area contributed by atoms with Crippen LogP contribution in [0.25, 0.3) is 5.65 Å². The Morgan fingerprint density at radius 3 is 2.74 bits per heavy atom. The number of Topliss-reactive ketones (excluding diaryl/α,β-unsaturated/α-hetero) is 1. The van der Waals surface area contributed by atoms with Gasteiger partial charge in [-0.05, 0) is 31.7 Å². The van der Waals surface area contributed by atoms with E-state index >= 15 is 0 Å². The van der Waals surface area contributed by atoms with Gasteiger partial charge in [-0.15, -0.1) is 0 Å². The number of rotatable bonds is 9. The summed E-state index contributed by atoms with van der Waals surface area (Å²) >= 11 is 0. The molecule has 0 radical (unpaired) electrons. The molecule has 0 aliphatic carbocycles. The van der Waals surface area contributed by atoms with Crippen molar-refractivity contribution in [1.29, 1.82) is 0 Å². The summed E-state index contributed by atoms with van der Waals surface area (Å²) in [6.45, 7) is 2.55. The highest BCUT2D eigenvalue weighted by molar-refractivity contribution is 5.96. The first-order valence-corrected chi connectivity index (χ1v) is 9.28. The number of amides is 1. The highest BCUT2D eigenvalue weighted by atomic mass is 16.1. The highest BCUT2D eigenvalue weighted by Crippen LogP contribution is 2.08. The largest absolute Gasteiger partial charge is 0.356 e. The highest BCUT2D eigenvalue weighted by Gasteiger charge is 2.07. The molecule has 1 amide bonds. The van der Waals surface area contributed by atoms with Gasteiger partial charge in [-0.25, -0.2) is 9.50 Å². The lowest BCUT2D eigenvalue weighted by molar-refractivity contribution is -0.121. The summed E-state index contributed by atoms with van der Waals surface area (Å²) in [5.41, 5.74) is 3.58. The van der Waals surface area contributed by atoms with Gasteiger partial charge in [0.2, 0.25) is 5.91 Å². The number of carbonyl (C=O) groups is 2. The number of fused-ring (bicyclic) bond motifs is 1. The Labute approximate surface area is 158 Å². The van der Waals surface area contributed by atoms with E-state index in [9.17, 15) is 9.59 Å². The van der Waals surface area contributed by atoms with Gasteiger partial charge in [0.1, 0.15) is 0 Å². The van der Waals surface area contributed by atoms with Crippen LogP contribution in [-0.4, -0.2) is 32.8 Å². The molecule has 1 aromatic carbocycles. The summed E-state index contributed by atoms with van der Waals surface area (Å²) in [5.74, 6) is 0.0762. The van der Waals surface area contributed by atoms with Crippen molar-refractivity contribution >= 4 is 17.3 Å². The molecule has 3 aromatic rings. The smallest absolute Gasteiger partial charge is 0.220 e. The van der Waals surface area contributed by atoms with Crippen molar-refractivity contribution < 1.29 is 9.59 Å². The quantitative estimate of drug-likeness (QED) is 0.467. The van der Waals surface area contributed by atoms with Crippen LogP contribution in [0.1, 0.15) is 47.3 Å². The summed E-state index contributed by atoms with van der Waals surface area (Å²) in [5, 5.41) is 7.27. The Kier molecular flexibility index (Phi) is 6.30. The van der Waals surface area contributed by atoms with Crippen LogP contribution < -0.4 is 5.32 Å². The number of aromatic nitrogens is 3. The molecule has 0 aliphatic heterocycles. The predicted molar refractivity (Wildman–Crippen MR) is 104 cm³/mol. The molecule has 0 aliphatic rings. The Morgan fingerprint density at radius 2 is 1.93 bits per heavy atom. The molecule has 3 rings (SSSR count). The Balaban J connectivity index is 1.32. The molecule has 140 valence electrons. The second kappa shape index (κ2) is 9.07. The van der Waals surface area contributed by atoms with E-state index in [2.05, 4.69) is 15.4 Å². The summed E-state index contributed by atoms with van der Waals surface area (Å²) < 4.78 is 1.78. The van der Waals surface area contributed by atoms with E-state index in [1.165, 1.54) is 0 Å². The van der Waals surface area contributed by atoms with Crippen LogP contribution in [0, 0.1) is 6.92 Å². The number of hydrogen-bond donors (Lipinski definition) is 1. The standard InChI is InChI=1S/C21H24N4O2/c1-16-13-20-23-14-17(15-25(20)24-16)7-6-12-22-21(27)11-5-10-19(26)18-8-3-2-4-9-18/h2-4,8-9,13-15H,5-7,10-12H2,1H3,(H,22,27). The van der Waals surface area contributed by atoms with Crippen LogP contribution in [0.3, 0.4) is 0 Å². The van der Waals surface area contributed by atoms with Gasteiger partial charge in [0, 0.05) is 43.4 Å². The van der Waals surface area contributed by atoms with Crippen molar-refractivity contribution in [2.45, 2.75) is 39.0 Å². The molecule has 27 heavy (non-hydrogen) atoms. The minimum atomic E-state index is -0.00728. The van der Waals surface area contributed by atoms with Crippen LogP contribution in [0.15, 0.2) is 48.8 Å². The van der Waals surface area contributed by atoms with Gasteiger partial charge in [-0.2, -0.15) is 5.10 Å². The average molecular weight is 364 g/mol. The van der Waals surface area contributed by atoms with Crippen molar-refractivity contribution in [3.05, 3.63) is 65.6 Å². The minimum Gasteiger partial charge on any atom is -0.356 e. The van der Waals surface area contributed by atoms with Crippen LogP contribution in [-0.2, 0) is 11.2 Å². The fourth-order valence-corrected chi connectivity index (χ4v) is 2.95. The number of nitrogens with one attached hydrogen (secondary N) is 1. The Morgan fingerprint density at radius 1 is 1.11 bits per heavy atom. The topological polar surface area (TPSA) is 76.4 Å². The van der Waals surface area contributed by atoms with E-state index in [4.69, 9.17) is 0 Å². The molecule has 6 heteroatoms. The number of benzene rings is 1. The molecule has 2 heterocycles. The molecule has 6 nitrogen and oxygen atoms in total.